The molecule has 9 nitrogen and oxygen atoms in total. The van der Waals surface area contributed by atoms with Crippen LogP contribution in [0.5, 0.6) is 0 Å². The van der Waals surface area contributed by atoms with E-state index in [0.29, 0.717) is 29.2 Å². The summed E-state index contributed by atoms with van der Waals surface area (Å²) < 4.78 is 37.7. The van der Waals surface area contributed by atoms with Crippen molar-refractivity contribution < 1.29 is 32.6 Å². The molecule has 3 aromatic carbocycles. The van der Waals surface area contributed by atoms with E-state index in [4.69, 9.17) is 21.1 Å². The number of halogens is 1. The van der Waals surface area contributed by atoms with Crippen molar-refractivity contribution in [3.63, 3.8) is 0 Å². The Labute approximate surface area is 265 Å². The fourth-order valence-corrected chi connectivity index (χ4v) is 5.81. The van der Waals surface area contributed by atoms with Gasteiger partial charge in [-0.2, -0.15) is 0 Å². The molecule has 2 N–H and O–H groups in total. The van der Waals surface area contributed by atoms with Crippen LogP contribution in [0.3, 0.4) is 0 Å². The monoisotopic (exact) mass is 644 g/mol. The average molecular weight is 645 g/mol. The van der Waals surface area contributed by atoms with E-state index in [9.17, 15) is 23.1 Å². The molecule has 3 aromatic rings. The van der Waals surface area contributed by atoms with Gasteiger partial charge < -0.3 is 24.8 Å². The Kier molecular flexibility index (Phi) is 12.2. The number of hydrogen-bond donors (Lipinski definition) is 2. The number of rotatable bonds is 13. The predicted molar refractivity (Wildman–Crippen MR) is 171 cm³/mol. The van der Waals surface area contributed by atoms with Gasteiger partial charge in [-0.05, 0) is 94.1 Å². The number of benzene rings is 3. The van der Waals surface area contributed by atoms with Crippen molar-refractivity contribution in [2.45, 2.75) is 69.0 Å². The molecule has 0 radical (unpaired) electrons. The summed E-state index contributed by atoms with van der Waals surface area (Å²) in [6.07, 6.45) is -0.358. The molecule has 0 spiro atoms. The number of anilines is 1. The van der Waals surface area contributed by atoms with Crippen LogP contribution in [0.25, 0.3) is 0 Å². The molecule has 0 unspecified atom stereocenters. The number of nitrogens with one attached hydrogen (secondary N) is 1. The lowest BCUT2D eigenvalue weighted by Crippen LogP contribution is -2.40. The molecule has 0 fully saturated rings. The van der Waals surface area contributed by atoms with Crippen LogP contribution in [0.2, 0.25) is 5.02 Å². The molecule has 0 aromatic heterocycles. The maximum atomic E-state index is 13.5. The fourth-order valence-electron chi connectivity index (χ4n) is 4.33. The third-order valence-corrected chi connectivity index (χ3v) is 8.55. The molecule has 1 amide bonds. The molecule has 0 aliphatic carbocycles. The van der Waals surface area contributed by atoms with E-state index in [-0.39, 0.29) is 35.1 Å². The van der Waals surface area contributed by atoms with Gasteiger partial charge in [-0.1, -0.05) is 42.8 Å². The van der Waals surface area contributed by atoms with Crippen molar-refractivity contribution >= 4 is 39.2 Å². The molecule has 0 saturated carbocycles. The van der Waals surface area contributed by atoms with Gasteiger partial charge in [0, 0.05) is 23.8 Å². The summed E-state index contributed by atoms with van der Waals surface area (Å²) in [5.74, 6) is -0.603. The first-order valence-corrected chi connectivity index (χ1v) is 16.4. The highest BCUT2D eigenvalue weighted by Gasteiger charge is 2.25. The van der Waals surface area contributed by atoms with Gasteiger partial charge in [0.2, 0.25) is 9.84 Å². The van der Waals surface area contributed by atoms with E-state index < -0.39 is 33.6 Å². The second kappa shape index (κ2) is 15.4. The number of carbonyl (C=O) groups is 2. The maximum Gasteiger partial charge on any atom is 0.410 e. The Hall–Kier alpha value is -3.60. The Morgan fingerprint density at radius 3 is 2.30 bits per heavy atom. The lowest BCUT2D eigenvalue weighted by Gasteiger charge is -2.29. The van der Waals surface area contributed by atoms with Crippen molar-refractivity contribution in [2.24, 2.45) is 0 Å². The maximum absolute atomic E-state index is 13.5. The smallest absolute Gasteiger partial charge is 0.410 e. The summed E-state index contributed by atoms with van der Waals surface area (Å²) >= 11 is 6.08. The van der Waals surface area contributed by atoms with Crippen molar-refractivity contribution in [1.29, 1.82) is 0 Å². The molecular weight excluding hydrogens is 604 g/mol. The molecule has 1 atom stereocenters. The van der Waals surface area contributed by atoms with Crippen molar-refractivity contribution in [1.82, 2.24) is 4.90 Å². The van der Waals surface area contributed by atoms with Crippen LogP contribution in [0, 0.1) is 0 Å². The van der Waals surface area contributed by atoms with E-state index >= 15 is 0 Å². The zero-order chi connectivity index (χ0) is 32.5. The first-order chi connectivity index (χ1) is 20.7. The Morgan fingerprint density at radius 1 is 1.00 bits per heavy atom. The second-order valence-electron chi connectivity index (χ2n) is 11.2. The standard InChI is InChI=1S/C33H41ClN2O7S/c1-6-18-35-29-16-15-27(21-28(29)31(38)42-7-2)44(40,41)26-13-11-23(12-14-26)17-19-36(32(39)43-33(3,4)5)22-30(37)24-9-8-10-25(34)20-24/h8-16,20-21,30,35,37H,6-7,17-19,22H2,1-5H3/t30-/m1/s1. The highest BCUT2D eigenvalue weighted by molar-refractivity contribution is 7.91. The number of esters is 1. The lowest BCUT2D eigenvalue weighted by atomic mass is 10.1. The number of amides is 1. The minimum atomic E-state index is -3.94. The number of aliphatic hydroxyl groups excluding tert-OH is 1. The number of aliphatic hydroxyl groups is 1. The van der Waals surface area contributed by atoms with Crippen LogP contribution in [0.1, 0.15) is 68.6 Å². The Bertz CT molecular complexity index is 1540. The topological polar surface area (TPSA) is 122 Å². The lowest BCUT2D eigenvalue weighted by molar-refractivity contribution is 0.0147. The van der Waals surface area contributed by atoms with Gasteiger partial charge in [-0.25, -0.2) is 18.0 Å². The number of nitrogens with zero attached hydrogens (tertiary/aromatic N) is 1. The largest absolute Gasteiger partial charge is 0.462 e. The predicted octanol–water partition coefficient (Wildman–Crippen LogP) is 6.68. The number of carbonyl (C=O) groups excluding carboxylic acids is 2. The second-order valence-corrected chi connectivity index (χ2v) is 13.6. The quantitative estimate of drug-likeness (QED) is 0.198. The average Bonchev–Trinajstić information content (AvgIpc) is 2.97. The summed E-state index contributed by atoms with van der Waals surface area (Å²) in [7, 11) is -3.94. The first-order valence-electron chi connectivity index (χ1n) is 14.6. The highest BCUT2D eigenvalue weighted by atomic mass is 35.5. The number of sulfone groups is 1. The molecule has 238 valence electrons. The number of ether oxygens (including phenoxy) is 2. The van der Waals surface area contributed by atoms with Gasteiger partial charge in [0.15, 0.2) is 0 Å². The first kappa shape index (κ1) is 34.9. The summed E-state index contributed by atoms with van der Waals surface area (Å²) in [5, 5.41) is 14.4. The molecule has 44 heavy (non-hydrogen) atoms. The summed E-state index contributed by atoms with van der Waals surface area (Å²) in [6, 6.07) is 17.5. The SMILES string of the molecule is CCCNc1ccc(S(=O)(=O)c2ccc(CCN(C[C@@H](O)c3cccc(Cl)c3)C(=O)OC(C)(C)C)cc2)cc1C(=O)OCC. The van der Waals surface area contributed by atoms with Gasteiger partial charge in [0.25, 0.3) is 0 Å². The third kappa shape index (κ3) is 9.70. The summed E-state index contributed by atoms with van der Waals surface area (Å²) in [4.78, 5) is 27.0. The zero-order valence-electron chi connectivity index (χ0n) is 25.8. The van der Waals surface area contributed by atoms with Crippen LogP contribution in [-0.2, 0) is 25.7 Å². The Balaban J connectivity index is 1.79. The van der Waals surface area contributed by atoms with Crippen molar-refractivity contribution in [3.8, 4) is 0 Å². The number of hydrogen-bond acceptors (Lipinski definition) is 8. The van der Waals surface area contributed by atoms with Gasteiger partial charge in [0.05, 0.1) is 34.6 Å². The third-order valence-electron chi connectivity index (χ3n) is 6.54. The van der Waals surface area contributed by atoms with Crippen LogP contribution in [0.4, 0.5) is 10.5 Å². The van der Waals surface area contributed by atoms with Crippen molar-refractivity contribution in [2.75, 3.05) is 31.6 Å². The molecular formula is C33H41ClN2O7S. The molecule has 11 heteroatoms. The minimum absolute atomic E-state index is 0.0202. The van der Waals surface area contributed by atoms with Gasteiger partial charge in [-0.3, -0.25) is 0 Å². The van der Waals surface area contributed by atoms with E-state index in [1.54, 1.807) is 70.2 Å². The van der Waals surface area contributed by atoms with E-state index in [1.165, 1.54) is 29.2 Å². The van der Waals surface area contributed by atoms with Crippen LogP contribution in [-0.4, -0.2) is 62.3 Å². The summed E-state index contributed by atoms with van der Waals surface area (Å²) in [6.45, 7) is 9.94. The molecule has 3 rings (SSSR count). The molecule has 0 bridgehead atoms. The highest BCUT2D eigenvalue weighted by Crippen LogP contribution is 2.27. The molecule has 0 heterocycles. The molecule has 0 saturated heterocycles. The van der Waals surface area contributed by atoms with Crippen molar-refractivity contribution in [3.05, 3.63) is 88.4 Å². The van der Waals surface area contributed by atoms with E-state index in [1.807, 2.05) is 6.92 Å². The zero-order valence-corrected chi connectivity index (χ0v) is 27.4. The normalized spacial score (nSPS) is 12.3. The fraction of sp³-hybridized carbons (Fsp3) is 0.394. The van der Waals surface area contributed by atoms with Crippen LogP contribution < -0.4 is 5.32 Å². The summed E-state index contributed by atoms with van der Waals surface area (Å²) in [5.41, 5.74) is 1.28. The Morgan fingerprint density at radius 2 is 1.68 bits per heavy atom. The minimum Gasteiger partial charge on any atom is -0.462 e. The molecule has 0 aliphatic heterocycles. The molecule has 0 aliphatic rings. The van der Waals surface area contributed by atoms with Gasteiger partial charge in [-0.15, -0.1) is 0 Å². The van der Waals surface area contributed by atoms with Crippen LogP contribution in [0.15, 0.2) is 76.5 Å². The van der Waals surface area contributed by atoms with Gasteiger partial charge >= 0.3 is 12.1 Å². The van der Waals surface area contributed by atoms with Crippen LogP contribution >= 0.6 is 11.6 Å². The van der Waals surface area contributed by atoms with E-state index in [0.717, 1.165) is 12.0 Å². The van der Waals surface area contributed by atoms with E-state index in [2.05, 4.69) is 5.32 Å². The van der Waals surface area contributed by atoms with Gasteiger partial charge in [0.1, 0.15) is 5.60 Å².